The molecule has 0 aliphatic heterocycles. The van der Waals surface area contributed by atoms with Gasteiger partial charge >= 0.3 is 0 Å². The van der Waals surface area contributed by atoms with Gasteiger partial charge in [-0.25, -0.2) is 0 Å². The third-order valence-corrected chi connectivity index (χ3v) is 2.80. The van der Waals surface area contributed by atoms with Crippen LogP contribution in [0, 0.1) is 0 Å². The zero-order chi connectivity index (χ0) is 12.9. The molecule has 0 fully saturated rings. The summed E-state index contributed by atoms with van der Waals surface area (Å²) in [5, 5.41) is 3.45. The Morgan fingerprint density at radius 3 is 2.65 bits per heavy atom. The minimum Gasteiger partial charge on any atom is -0.488 e. The molecule has 1 aromatic rings. The van der Waals surface area contributed by atoms with Gasteiger partial charge in [0.1, 0.15) is 12.4 Å². The summed E-state index contributed by atoms with van der Waals surface area (Å²) in [6.07, 6.45) is 1.74. The Bertz CT molecular complexity index is 382. The van der Waals surface area contributed by atoms with Crippen molar-refractivity contribution >= 4 is 15.9 Å². The summed E-state index contributed by atoms with van der Waals surface area (Å²) in [7, 11) is 0. The highest BCUT2D eigenvalue weighted by atomic mass is 79.9. The molecule has 0 unspecified atom stereocenters. The predicted octanol–water partition coefficient (Wildman–Crippen LogP) is 3.90. The van der Waals surface area contributed by atoms with E-state index in [9.17, 15) is 0 Å². The van der Waals surface area contributed by atoms with Gasteiger partial charge in [-0.05, 0) is 54.4 Å². The van der Waals surface area contributed by atoms with Crippen LogP contribution in [0.5, 0.6) is 5.75 Å². The number of nitrogens with one attached hydrogen (secondary N) is 1. The van der Waals surface area contributed by atoms with Crippen LogP contribution >= 0.6 is 15.9 Å². The van der Waals surface area contributed by atoms with Gasteiger partial charge in [0.25, 0.3) is 0 Å². The maximum atomic E-state index is 5.50. The highest BCUT2D eigenvalue weighted by molar-refractivity contribution is 9.10. The maximum absolute atomic E-state index is 5.50. The maximum Gasteiger partial charge on any atom is 0.133 e. The van der Waals surface area contributed by atoms with E-state index in [1.54, 1.807) is 6.08 Å². The van der Waals surface area contributed by atoms with Gasteiger partial charge in [-0.1, -0.05) is 18.7 Å². The molecule has 0 saturated carbocycles. The summed E-state index contributed by atoms with van der Waals surface area (Å²) in [4.78, 5) is 0. The molecule has 3 heteroatoms. The number of hydrogen-bond donors (Lipinski definition) is 1. The van der Waals surface area contributed by atoms with Gasteiger partial charge in [0, 0.05) is 12.1 Å². The normalized spacial score (nSPS) is 11.3. The summed E-state index contributed by atoms with van der Waals surface area (Å²) in [5.41, 5.74) is 1.36. The second-order valence-electron chi connectivity index (χ2n) is 4.97. The number of benzene rings is 1. The van der Waals surface area contributed by atoms with Gasteiger partial charge in [0.05, 0.1) is 4.47 Å². The fourth-order valence-electron chi connectivity index (χ4n) is 1.29. The van der Waals surface area contributed by atoms with Crippen molar-refractivity contribution in [1.29, 1.82) is 0 Å². The Kier molecular flexibility index (Phi) is 5.22. The van der Waals surface area contributed by atoms with Gasteiger partial charge < -0.3 is 10.1 Å². The summed E-state index contributed by atoms with van der Waals surface area (Å²) < 4.78 is 6.48. The zero-order valence-electron chi connectivity index (χ0n) is 10.7. The molecule has 94 valence electrons. The average Bonchev–Trinajstić information content (AvgIpc) is 2.24. The average molecular weight is 298 g/mol. The molecule has 1 aromatic carbocycles. The fourth-order valence-corrected chi connectivity index (χ4v) is 1.83. The highest BCUT2D eigenvalue weighted by Gasteiger charge is 2.09. The molecule has 0 bridgehead atoms. The molecule has 2 nitrogen and oxygen atoms in total. The van der Waals surface area contributed by atoms with Gasteiger partial charge in [-0.3, -0.25) is 0 Å². The number of rotatable bonds is 5. The summed E-state index contributed by atoms with van der Waals surface area (Å²) in [6.45, 7) is 11.5. The van der Waals surface area contributed by atoms with E-state index in [2.05, 4.69) is 60.7 Å². The smallest absolute Gasteiger partial charge is 0.133 e. The Balaban J connectivity index is 2.65. The minimum atomic E-state index is 0.129. The first kappa shape index (κ1) is 14.3. The van der Waals surface area contributed by atoms with Crippen molar-refractivity contribution < 1.29 is 4.74 Å². The van der Waals surface area contributed by atoms with Crippen molar-refractivity contribution in [3.63, 3.8) is 0 Å². The van der Waals surface area contributed by atoms with Crippen molar-refractivity contribution in [3.05, 3.63) is 40.9 Å². The monoisotopic (exact) mass is 297 g/mol. The van der Waals surface area contributed by atoms with E-state index in [1.807, 2.05) is 6.07 Å². The third kappa shape index (κ3) is 5.37. The van der Waals surface area contributed by atoms with Crippen molar-refractivity contribution in [2.75, 3.05) is 6.61 Å². The van der Waals surface area contributed by atoms with E-state index in [0.29, 0.717) is 6.61 Å². The number of halogens is 1. The SMILES string of the molecule is C=CCOc1ccc(CNC(C)(C)C)cc1Br. The molecule has 0 amide bonds. The standard InChI is InChI=1S/C14H20BrNO/c1-5-8-17-13-7-6-11(9-12(13)15)10-16-14(2,3)4/h5-7,9,16H,1,8,10H2,2-4H3. The van der Waals surface area contributed by atoms with Crippen LogP contribution in [0.1, 0.15) is 26.3 Å². The van der Waals surface area contributed by atoms with Crippen molar-refractivity contribution in [1.82, 2.24) is 5.32 Å². The molecule has 17 heavy (non-hydrogen) atoms. The van der Waals surface area contributed by atoms with Gasteiger partial charge in [0.15, 0.2) is 0 Å². The van der Waals surface area contributed by atoms with E-state index in [4.69, 9.17) is 4.74 Å². The molecular formula is C14H20BrNO. The summed E-state index contributed by atoms with van der Waals surface area (Å²) in [5.74, 6) is 0.851. The second-order valence-corrected chi connectivity index (χ2v) is 5.82. The summed E-state index contributed by atoms with van der Waals surface area (Å²) in [6, 6.07) is 6.13. The first-order valence-corrected chi connectivity index (χ1v) is 6.49. The van der Waals surface area contributed by atoms with Crippen molar-refractivity contribution in [3.8, 4) is 5.75 Å². The van der Waals surface area contributed by atoms with Crippen LogP contribution in [-0.4, -0.2) is 12.1 Å². The molecule has 0 aliphatic carbocycles. The largest absolute Gasteiger partial charge is 0.488 e. The van der Waals surface area contributed by atoms with Crippen LogP contribution in [-0.2, 0) is 6.54 Å². The molecule has 1 N–H and O–H groups in total. The van der Waals surface area contributed by atoms with Crippen LogP contribution in [0.3, 0.4) is 0 Å². The van der Waals surface area contributed by atoms with E-state index in [0.717, 1.165) is 16.8 Å². The molecule has 0 aliphatic rings. The molecule has 0 saturated heterocycles. The Morgan fingerprint density at radius 1 is 1.41 bits per heavy atom. The fraction of sp³-hybridized carbons (Fsp3) is 0.429. The molecule has 0 heterocycles. The Morgan fingerprint density at radius 2 is 2.12 bits per heavy atom. The molecule has 0 aromatic heterocycles. The van der Waals surface area contributed by atoms with Crippen LogP contribution in [0.15, 0.2) is 35.3 Å². The highest BCUT2D eigenvalue weighted by Crippen LogP contribution is 2.26. The van der Waals surface area contributed by atoms with E-state index >= 15 is 0 Å². The summed E-state index contributed by atoms with van der Waals surface area (Å²) >= 11 is 3.51. The Hall–Kier alpha value is -0.800. The lowest BCUT2D eigenvalue weighted by atomic mass is 10.1. The van der Waals surface area contributed by atoms with Crippen LogP contribution in [0.2, 0.25) is 0 Å². The molecular weight excluding hydrogens is 278 g/mol. The van der Waals surface area contributed by atoms with E-state index in [1.165, 1.54) is 5.56 Å². The van der Waals surface area contributed by atoms with E-state index < -0.39 is 0 Å². The lowest BCUT2D eigenvalue weighted by Gasteiger charge is -2.20. The van der Waals surface area contributed by atoms with Crippen LogP contribution in [0.25, 0.3) is 0 Å². The Labute approximate surface area is 112 Å². The van der Waals surface area contributed by atoms with Gasteiger partial charge in [-0.15, -0.1) is 0 Å². The quantitative estimate of drug-likeness (QED) is 0.832. The van der Waals surface area contributed by atoms with Gasteiger partial charge in [-0.2, -0.15) is 0 Å². The lowest BCUT2D eigenvalue weighted by molar-refractivity contribution is 0.360. The second kappa shape index (κ2) is 6.22. The van der Waals surface area contributed by atoms with Gasteiger partial charge in [0.2, 0.25) is 0 Å². The number of hydrogen-bond acceptors (Lipinski definition) is 2. The topological polar surface area (TPSA) is 21.3 Å². The van der Waals surface area contributed by atoms with Crippen LogP contribution in [0.4, 0.5) is 0 Å². The van der Waals surface area contributed by atoms with Crippen molar-refractivity contribution in [2.24, 2.45) is 0 Å². The molecule has 0 spiro atoms. The molecule has 0 atom stereocenters. The number of ether oxygens (including phenoxy) is 1. The predicted molar refractivity (Wildman–Crippen MR) is 76.4 cm³/mol. The third-order valence-electron chi connectivity index (χ3n) is 2.18. The lowest BCUT2D eigenvalue weighted by Crippen LogP contribution is -2.35. The van der Waals surface area contributed by atoms with Crippen LogP contribution < -0.4 is 10.1 Å². The zero-order valence-corrected chi connectivity index (χ0v) is 12.3. The molecule has 1 rings (SSSR count). The van der Waals surface area contributed by atoms with E-state index in [-0.39, 0.29) is 5.54 Å². The van der Waals surface area contributed by atoms with Crippen molar-refractivity contribution in [2.45, 2.75) is 32.9 Å². The minimum absolute atomic E-state index is 0.129. The first-order valence-electron chi connectivity index (χ1n) is 5.69. The molecule has 0 radical (unpaired) electrons. The first-order chi connectivity index (χ1) is 7.92.